The van der Waals surface area contributed by atoms with Crippen LogP contribution in [0.2, 0.25) is 0 Å². The van der Waals surface area contributed by atoms with Gasteiger partial charge in [-0.15, -0.1) is 0 Å². The molecular formula is C50H31N3. The third-order valence-electron chi connectivity index (χ3n) is 10.8. The molecule has 10 rings (SSSR count). The molecule has 1 aliphatic rings. The standard InChI is InChI=1S/C50H31N3/c51-32-33-11-9-12-38(31-33)34-20-22-35(23-21-34)46-42(45-29-26-37-25-24-36-13-10-30-52-48(36)49(37)53-45)27-28-44-47(46)41-18-7-8-19-43(41)50(44,39-14-3-1-4-15-39)40-16-5-2-6-17-40/h1-31H. The first-order valence-electron chi connectivity index (χ1n) is 17.9. The second-order valence-electron chi connectivity index (χ2n) is 13.6. The van der Waals surface area contributed by atoms with Gasteiger partial charge in [-0.05, 0) is 79.9 Å². The number of hydrogen-bond donors (Lipinski definition) is 0. The number of nitriles is 1. The van der Waals surface area contributed by atoms with Gasteiger partial charge in [-0.3, -0.25) is 4.98 Å². The zero-order valence-corrected chi connectivity index (χ0v) is 28.7. The number of benzene rings is 7. The Morgan fingerprint density at radius 3 is 1.89 bits per heavy atom. The van der Waals surface area contributed by atoms with Crippen molar-refractivity contribution >= 4 is 21.8 Å². The monoisotopic (exact) mass is 673 g/mol. The fourth-order valence-electron chi connectivity index (χ4n) is 8.52. The van der Waals surface area contributed by atoms with Gasteiger partial charge in [0.2, 0.25) is 0 Å². The van der Waals surface area contributed by atoms with Crippen molar-refractivity contribution < 1.29 is 0 Å². The number of fused-ring (bicyclic) bond motifs is 6. The van der Waals surface area contributed by atoms with Crippen molar-refractivity contribution in [1.29, 1.82) is 5.26 Å². The van der Waals surface area contributed by atoms with Crippen LogP contribution in [0.4, 0.5) is 0 Å². The molecule has 0 aliphatic heterocycles. The lowest BCUT2D eigenvalue weighted by Gasteiger charge is -2.34. The van der Waals surface area contributed by atoms with E-state index in [-0.39, 0.29) is 0 Å². The van der Waals surface area contributed by atoms with E-state index in [1.54, 1.807) is 0 Å². The summed E-state index contributed by atoms with van der Waals surface area (Å²) in [5.74, 6) is 0. The lowest BCUT2D eigenvalue weighted by molar-refractivity contribution is 0.768. The fraction of sp³-hybridized carbons (Fsp3) is 0.0200. The topological polar surface area (TPSA) is 49.6 Å². The Labute approximate surface area is 308 Å². The van der Waals surface area contributed by atoms with Crippen LogP contribution in [0.3, 0.4) is 0 Å². The molecule has 0 atom stereocenters. The molecular weight excluding hydrogens is 643 g/mol. The van der Waals surface area contributed by atoms with Crippen LogP contribution in [0, 0.1) is 11.3 Å². The second-order valence-corrected chi connectivity index (χ2v) is 13.6. The van der Waals surface area contributed by atoms with E-state index in [0.717, 1.165) is 55.3 Å². The molecule has 246 valence electrons. The molecule has 0 bridgehead atoms. The molecule has 3 heteroatoms. The summed E-state index contributed by atoms with van der Waals surface area (Å²) in [5.41, 5.74) is 15.6. The molecule has 0 fully saturated rings. The van der Waals surface area contributed by atoms with Crippen LogP contribution >= 0.6 is 0 Å². The summed E-state index contributed by atoms with van der Waals surface area (Å²) in [5, 5.41) is 11.7. The third kappa shape index (κ3) is 4.74. The fourth-order valence-corrected chi connectivity index (χ4v) is 8.52. The summed E-state index contributed by atoms with van der Waals surface area (Å²) in [6.07, 6.45) is 1.84. The highest BCUT2D eigenvalue weighted by molar-refractivity contribution is 6.05. The van der Waals surface area contributed by atoms with Gasteiger partial charge in [0.1, 0.15) is 0 Å². The van der Waals surface area contributed by atoms with Crippen LogP contribution in [-0.2, 0) is 5.41 Å². The lowest BCUT2D eigenvalue weighted by Crippen LogP contribution is -2.28. The van der Waals surface area contributed by atoms with Crippen LogP contribution in [-0.4, -0.2) is 9.97 Å². The summed E-state index contributed by atoms with van der Waals surface area (Å²) in [6.45, 7) is 0. The van der Waals surface area contributed by atoms with Crippen LogP contribution in [0.15, 0.2) is 188 Å². The van der Waals surface area contributed by atoms with Crippen LogP contribution < -0.4 is 0 Å². The first-order chi connectivity index (χ1) is 26.2. The summed E-state index contributed by atoms with van der Waals surface area (Å²) >= 11 is 0. The Balaban J connectivity index is 1.30. The summed E-state index contributed by atoms with van der Waals surface area (Å²) in [7, 11) is 0. The third-order valence-corrected chi connectivity index (χ3v) is 10.8. The molecule has 0 amide bonds. The van der Waals surface area contributed by atoms with Gasteiger partial charge in [-0.1, -0.05) is 158 Å². The van der Waals surface area contributed by atoms with Crippen molar-refractivity contribution in [2.45, 2.75) is 5.41 Å². The van der Waals surface area contributed by atoms with E-state index < -0.39 is 5.41 Å². The molecule has 3 nitrogen and oxygen atoms in total. The molecule has 7 aromatic carbocycles. The summed E-state index contributed by atoms with van der Waals surface area (Å²) in [6, 6.07) is 66.8. The minimum atomic E-state index is -0.531. The SMILES string of the molecule is N#Cc1cccc(-c2ccc(-c3c(-c4ccc5ccc6cccnc6c5n4)ccc4c3-c3ccccc3C4(c3ccccc3)c3ccccc3)cc2)c1. The predicted octanol–water partition coefficient (Wildman–Crippen LogP) is 12.0. The molecule has 0 spiro atoms. The quantitative estimate of drug-likeness (QED) is 0.171. The molecule has 2 heterocycles. The van der Waals surface area contributed by atoms with Crippen molar-refractivity contribution in [2.75, 3.05) is 0 Å². The van der Waals surface area contributed by atoms with Crippen molar-refractivity contribution in [3.05, 3.63) is 216 Å². The molecule has 53 heavy (non-hydrogen) atoms. The van der Waals surface area contributed by atoms with E-state index in [1.807, 2.05) is 30.5 Å². The van der Waals surface area contributed by atoms with Gasteiger partial charge >= 0.3 is 0 Å². The highest BCUT2D eigenvalue weighted by atomic mass is 14.8. The Morgan fingerprint density at radius 2 is 1.13 bits per heavy atom. The number of pyridine rings is 2. The van der Waals surface area contributed by atoms with Gasteiger partial charge in [-0.25, -0.2) is 4.98 Å². The second kappa shape index (κ2) is 12.3. The Hall–Kier alpha value is -7.15. The van der Waals surface area contributed by atoms with Crippen LogP contribution in [0.5, 0.6) is 0 Å². The van der Waals surface area contributed by atoms with E-state index in [4.69, 9.17) is 9.97 Å². The van der Waals surface area contributed by atoms with Crippen molar-refractivity contribution in [1.82, 2.24) is 9.97 Å². The average Bonchev–Trinajstić information content (AvgIpc) is 3.55. The van der Waals surface area contributed by atoms with E-state index in [2.05, 4.69) is 164 Å². The van der Waals surface area contributed by atoms with E-state index in [0.29, 0.717) is 5.56 Å². The van der Waals surface area contributed by atoms with Crippen LogP contribution in [0.25, 0.3) is 66.4 Å². The molecule has 0 unspecified atom stereocenters. The number of hydrogen-bond acceptors (Lipinski definition) is 3. The van der Waals surface area contributed by atoms with Crippen molar-refractivity contribution in [2.24, 2.45) is 0 Å². The normalized spacial score (nSPS) is 12.7. The van der Waals surface area contributed by atoms with Gasteiger partial charge in [-0.2, -0.15) is 5.26 Å². The van der Waals surface area contributed by atoms with Crippen molar-refractivity contribution in [3.8, 4) is 50.7 Å². The number of nitrogens with zero attached hydrogens (tertiary/aromatic N) is 3. The lowest BCUT2D eigenvalue weighted by atomic mass is 9.67. The van der Waals surface area contributed by atoms with Gasteiger partial charge in [0.25, 0.3) is 0 Å². The minimum absolute atomic E-state index is 0.531. The van der Waals surface area contributed by atoms with Crippen molar-refractivity contribution in [3.63, 3.8) is 0 Å². The molecule has 1 aliphatic carbocycles. The predicted molar refractivity (Wildman–Crippen MR) is 215 cm³/mol. The average molecular weight is 674 g/mol. The van der Waals surface area contributed by atoms with Crippen LogP contribution in [0.1, 0.15) is 27.8 Å². The summed E-state index contributed by atoms with van der Waals surface area (Å²) < 4.78 is 0. The van der Waals surface area contributed by atoms with E-state index in [9.17, 15) is 5.26 Å². The minimum Gasteiger partial charge on any atom is -0.254 e. The Morgan fingerprint density at radius 1 is 0.453 bits per heavy atom. The zero-order valence-electron chi connectivity index (χ0n) is 28.7. The first-order valence-corrected chi connectivity index (χ1v) is 17.9. The highest BCUT2D eigenvalue weighted by Gasteiger charge is 2.47. The smallest absolute Gasteiger partial charge is 0.0991 e. The highest BCUT2D eigenvalue weighted by Crippen LogP contribution is 2.59. The molecule has 0 radical (unpaired) electrons. The maximum Gasteiger partial charge on any atom is 0.0991 e. The van der Waals surface area contributed by atoms with Gasteiger partial charge in [0.15, 0.2) is 0 Å². The van der Waals surface area contributed by atoms with E-state index in [1.165, 1.54) is 33.4 Å². The van der Waals surface area contributed by atoms with Gasteiger partial charge in [0, 0.05) is 22.5 Å². The first kappa shape index (κ1) is 30.7. The molecule has 0 saturated heterocycles. The molecule has 2 aromatic heterocycles. The maximum absolute atomic E-state index is 9.58. The largest absolute Gasteiger partial charge is 0.254 e. The maximum atomic E-state index is 9.58. The van der Waals surface area contributed by atoms with E-state index >= 15 is 0 Å². The Kier molecular flexibility index (Phi) is 7.09. The molecule has 9 aromatic rings. The van der Waals surface area contributed by atoms with Gasteiger partial charge in [0.05, 0.1) is 33.8 Å². The molecule has 0 saturated carbocycles. The number of aromatic nitrogens is 2. The number of rotatable bonds is 5. The molecule has 0 N–H and O–H groups in total. The Bertz CT molecular complexity index is 2850. The zero-order chi connectivity index (χ0) is 35.4. The summed E-state index contributed by atoms with van der Waals surface area (Å²) in [4.78, 5) is 10.2. The van der Waals surface area contributed by atoms with Gasteiger partial charge < -0.3 is 0 Å².